The number of nitrogens with zero attached hydrogens (tertiary/aromatic N) is 5. The summed E-state index contributed by atoms with van der Waals surface area (Å²) in [6.07, 6.45) is 1.20. The van der Waals surface area contributed by atoms with Crippen LogP contribution in [0.4, 0.5) is 5.69 Å². The lowest BCUT2D eigenvalue weighted by atomic mass is 10.2. The summed E-state index contributed by atoms with van der Waals surface area (Å²) in [5, 5.41) is 32.7. The monoisotopic (exact) mass is 384 g/mol. The van der Waals surface area contributed by atoms with Gasteiger partial charge in [-0.25, -0.2) is 10.1 Å². The number of benzene rings is 2. The first-order valence-electron chi connectivity index (χ1n) is 8.15. The quantitative estimate of drug-likeness (QED) is 0.357. The molecule has 28 heavy (non-hydrogen) atoms. The molecule has 1 amide bonds. The number of nitro groups is 1. The normalized spacial score (nSPS) is 11.0. The van der Waals surface area contributed by atoms with Gasteiger partial charge in [-0.15, -0.1) is 5.10 Å². The number of phenols is 1. The highest BCUT2D eigenvalue weighted by Gasteiger charge is 2.15. The van der Waals surface area contributed by atoms with Crippen molar-refractivity contribution in [1.82, 2.24) is 20.4 Å². The molecule has 144 valence electrons. The summed E-state index contributed by atoms with van der Waals surface area (Å²) in [5.41, 5.74) is 3.61. The number of para-hydroxylation sites is 1. The van der Waals surface area contributed by atoms with E-state index in [1.165, 1.54) is 7.11 Å². The molecule has 0 fully saturated rings. The van der Waals surface area contributed by atoms with Crippen LogP contribution in [0.1, 0.15) is 12.0 Å². The summed E-state index contributed by atoms with van der Waals surface area (Å²) >= 11 is 0. The number of carbonyl (C=O) groups excluding carboxylic acids is 1. The lowest BCUT2D eigenvalue weighted by molar-refractivity contribution is -0.385. The molecule has 0 radical (unpaired) electrons. The van der Waals surface area contributed by atoms with Crippen molar-refractivity contribution >= 4 is 28.8 Å². The molecule has 0 aliphatic carbocycles. The molecule has 0 unspecified atom stereocenters. The van der Waals surface area contributed by atoms with E-state index in [1.807, 2.05) is 24.3 Å². The van der Waals surface area contributed by atoms with Crippen LogP contribution >= 0.6 is 0 Å². The van der Waals surface area contributed by atoms with Gasteiger partial charge < -0.3 is 9.84 Å². The van der Waals surface area contributed by atoms with Gasteiger partial charge >= 0.3 is 0 Å². The van der Waals surface area contributed by atoms with Crippen LogP contribution < -0.4 is 10.2 Å². The van der Waals surface area contributed by atoms with Gasteiger partial charge in [0.05, 0.1) is 36.4 Å². The molecule has 3 aromatic rings. The average Bonchev–Trinajstić information content (AvgIpc) is 3.10. The molecule has 1 aromatic heterocycles. The first-order chi connectivity index (χ1) is 13.5. The van der Waals surface area contributed by atoms with E-state index in [9.17, 15) is 20.0 Å². The fourth-order valence-corrected chi connectivity index (χ4v) is 2.49. The van der Waals surface area contributed by atoms with Gasteiger partial charge in [0.2, 0.25) is 5.91 Å². The zero-order valence-corrected chi connectivity index (χ0v) is 14.8. The molecule has 0 saturated carbocycles. The maximum atomic E-state index is 12.0. The fraction of sp³-hybridized carbons (Fsp3) is 0.176. The van der Waals surface area contributed by atoms with Crippen LogP contribution in [0.5, 0.6) is 11.5 Å². The molecule has 11 heteroatoms. The number of phenolic OH excluding ortho intramolecular Hbond substituents is 1. The highest BCUT2D eigenvalue weighted by atomic mass is 16.6. The van der Waals surface area contributed by atoms with Crippen molar-refractivity contribution in [2.75, 3.05) is 7.11 Å². The molecule has 2 aromatic carbocycles. The van der Waals surface area contributed by atoms with E-state index < -0.39 is 10.8 Å². The third-order valence-corrected chi connectivity index (χ3v) is 3.88. The molecule has 0 atom stereocenters. The van der Waals surface area contributed by atoms with Crippen LogP contribution in [0.3, 0.4) is 0 Å². The van der Waals surface area contributed by atoms with Gasteiger partial charge in [-0.05, 0) is 12.1 Å². The van der Waals surface area contributed by atoms with E-state index in [0.717, 1.165) is 29.4 Å². The van der Waals surface area contributed by atoms with E-state index in [-0.39, 0.29) is 29.2 Å². The van der Waals surface area contributed by atoms with Crippen LogP contribution in [-0.2, 0) is 11.3 Å². The van der Waals surface area contributed by atoms with Gasteiger partial charge in [-0.2, -0.15) is 5.10 Å². The smallest absolute Gasteiger partial charge is 0.274 e. The number of ether oxygens (including phenoxy) is 1. The second kappa shape index (κ2) is 8.12. The Labute approximate surface area is 158 Å². The largest absolute Gasteiger partial charge is 0.504 e. The Morgan fingerprint density at radius 2 is 2.21 bits per heavy atom. The van der Waals surface area contributed by atoms with Crippen molar-refractivity contribution in [2.24, 2.45) is 5.10 Å². The van der Waals surface area contributed by atoms with E-state index >= 15 is 0 Å². The van der Waals surface area contributed by atoms with Gasteiger partial charge in [0.25, 0.3) is 5.69 Å². The molecular weight excluding hydrogens is 368 g/mol. The molecule has 0 aliphatic heterocycles. The third-order valence-electron chi connectivity index (χ3n) is 3.88. The molecule has 0 bridgehead atoms. The Kier molecular flexibility index (Phi) is 5.44. The second-order valence-corrected chi connectivity index (χ2v) is 5.69. The van der Waals surface area contributed by atoms with Crippen LogP contribution in [-0.4, -0.2) is 44.3 Å². The highest BCUT2D eigenvalue weighted by molar-refractivity contribution is 5.87. The lowest BCUT2D eigenvalue weighted by Gasteiger charge is -2.06. The number of fused-ring (bicyclic) bond motifs is 1. The van der Waals surface area contributed by atoms with Crippen molar-refractivity contribution in [2.45, 2.75) is 13.0 Å². The number of amides is 1. The van der Waals surface area contributed by atoms with Crippen molar-refractivity contribution in [3.63, 3.8) is 0 Å². The summed E-state index contributed by atoms with van der Waals surface area (Å²) in [5.74, 6) is -0.784. The van der Waals surface area contributed by atoms with Crippen molar-refractivity contribution in [3.8, 4) is 11.5 Å². The summed E-state index contributed by atoms with van der Waals surface area (Å²) < 4.78 is 6.51. The van der Waals surface area contributed by atoms with Crippen molar-refractivity contribution in [1.29, 1.82) is 0 Å². The van der Waals surface area contributed by atoms with Crippen molar-refractivity contribution in [3.05, 3.63) is 52.1 Å². The summed E-state index contributed by atoms with van der Waals surface area (Å²) in [6, 6.07) is 9.59. The average molecular weight is 384 g/mol. The van der Waals surface area contributed by atoms with E-state index in [0.29, 0.717) is 6.54 Å². The molecule has 11 nitrogen and oxygen atoms in total. The Morgan fingerprint density at radius 1 is 1.43 bits per heavy atom. The molecule has 0 saturated heterocycles. The van der Waals surface area contributed by atoms with E-state index in [2.05, 4.69) is 20.8 Å². The number of methoxy groups -OCH3 is 1. The molecule has 3 rings (SSSR count). The lowest BCUT2D eigenvalue weighted by Crippen LogP contribution is -2.19. The summed E-state index contributed by atoms with van der Waals surface area (Å²) in [6.45, 7) is 0.303. The van der Waals surface area contributed by atoms with Gasteiger partial charge in [-0.3, -0.25) is 14.9 Å². The number of hydrogen-bond donors (Lipinski definition) is 2. The number of aryl methyl sites for hydroxylation is 1. The fourth-order valence-electron chi connectivity index (χ4n) is 2.49. The Balaban J connectivity index is 1.63. The Bertz CT molecular complexity index is 1060. The van der Waals surface area contributed by atoms with E-state index in [4.69, 9.17) is 4.74 Å². The Hall–Kier alpha value is -4.02. The summed E-state index contributed by atoms with van der Waals surface area (Å²) in [7, 11) is 1.27. The number of nitrogens with one attached hydrogen (secondary N) is 1. The standard InChI is InChI=1S/C17H16N6O5/c1-28-15-9-12(23(26)27)8-11(17(15)25)10-18-20-16(24)6-7-22-14-5-3-2-4-13(14)19-21-22/h2-5,8-10,25H,6-7H2,1H3,(H,20,24)/b18-10-. The zero-order valence-electron chi connectivity index (χ0n) is 14.8. The minimum absolute atomic E-state index is 0.0358. The predicted octanol–water partition coefficient (Wildman–Crippen LogP) is 1.59. The number of hydrogen-bond acceptors (Lipinski definition) is 8. The first kappa shape index (κ1) is 18.8. The molecule has 0 spiro atoms. The Morgan fingerprint density at radius 3 is 2.96 bits per heavy atom. The highest BCUT2D eigenvalue weighted by Crippen LogP contribution is 2.33. The number of nitro benzene ring substituents is 1. The zero-order chi connectivity index (χ0) is 20.1. The SMILES string of the molecule is COc1cc([N+](=O)[O-])cc(/C=N\NC(=O)CCn2nnc3ccccc32)c1O. The number of aromatic hydroxyl groups is 1. The van der Waals surface area contributed by atoms with Crippen LogP contribution in [0.15, 0.2) is 41.5 Å². The van der Waals surface area contributed by atoms with Crippen LogP contribution in [0.25, 0.3) is 11.0 Å². The van der Waals surface area contributed by atoms with Gasteiger partial charge in [0, 0.05) is 18.1 Å². The van der Waals surface area contributed by atoms with Crippen LogP contribution in [0, 0.1) is 10.1 Å². The minimum atomic E-state index is -0.625. The van der Waals surface area contributed by atoms with Gasteiger partial charge in [-0.1, -0.05) is 17.3 Å². The molecule has 2 N–H and O–H groups in total. The van der Waals surface area contributed by atoms with Crippen LogP contribution in [0.2, 0.25) is 0 Å². The maximum Gasteiger partial charge on any atom is 0.274 e. The predicted molar refractivity (Wildman–Crippen MR) is 99.2 cm³/mol. The molecular formula is C17H16N6O5. The first-order valence-corrected chi connectivity index (χ1v) is 8.15. The number of non-ortho nitro benzene ring substituents is 1. The molecule has 1 heterocycles. The topological polar surface area (TPSA) is 145 Å². The van der Waals surface area contributed by atoms with Gasteiger partial charge in [0.15, 0.2) is 11.5 Å². The number of hydrazone groups is 1. The van der Waals surface area contributed by atoms with E-state index in [1.54, 1.807) is 4.68 Å². The number of rotatable bonds is 7. The summed E-state index contributed by atoms with van der Waals surface area (Å²) in [4.78, 5) is 22.3. The number of aromatic nitrogens is 3. The number of carbonyl (C=O) groups is 1. The second-order valence-electron chi connectivity index (χ2n) is 5.69. The molecule has 0 aliphatic rings. The maximum absolute atomic E-state index is 12.0. The minimum Gasteiger partial charge on any atom is -0.504 e. The van der Waals surface area contributed by atoms with Crippen molar-refractivity contribution < 1.29 is 19.6 Å². The third kappa shape index (κ3) is 4.03. The van der Waals surface area contributed by atoms with Gasteiger partial charge in [0.1, 0.15) is 5.52 Å².